The van der Waals surface area contributed by atoms with E-state index in [9.17, 15) is 22.8 Å². The van der Waals surface area contributed by atoms with Crippen LogP contribution in [0.25, 0.3) is 0 Å². The summed E-state index contributed by atoms with van der Waals surface area (Å²) in [5.74, 6) is -0.613. The quantitative estimate of drug-likeness (QED) is 0.860. The fourth-order valence-corrected chi connectivity index (χ4v) is 2.43. The van der Waals surface area contributed by atoms with Crippen LogP contribution in [0.2, 0.25) is 0 Å². The first-order valence-electron chi connectivity index (χ1n) is 6.65. The van der Waals surface area contributed by atoms with E-state index in [0.717, 1.165) is 11.0 Å². The monoisotopic (exact) mass is 315 g/mol. The molecule has 1 aromatic rings. The summed E-state index contributed by atoms with van der Waals surface area (Å²) < 4.78 is 39.5. The number of halogens is 3. The first-order chi connectivity index (χ1) is 10.2. The van der Waals surface area contributed by atoms with Gasteiger partial charge in [-0.25, -0.2) is 4.79 Å². The van der Waals surface area contributed by atoms with E-state index in [0.29, 0.717) is 0 Å². The average molecular weight is 315 g/mol. The van der Waals surface area contributed by atoms with E-state index in [-0.39, 0.29) is 18.7 Å². The highest BCUT2D eigenvalue weighted by atomic mass is 19.4. The number of hydrogen-bond acceptors (Lipinski definition) is 2. The van der Waals surface area contributed by atoms with Crippen LogP contribution in [-0.4, -0.2) is 48.9 Å². The van der Waals surface area contributed by atoms with Gasteiger partial charge in [0, 0.05) is 27.2 Å². The summed E-state index contributed by atoms with van der Waals surface area (Å²) in [5.41, 5.74) is -1.13. The maximum Gasteiger partial charge on any atom is 0.416 e. The van der Waals surface area contributed by atoms with Crippen LogP contribution in [0.5, 0.6) is 0 Å². The number of nitrogens with zero attached hydrogens (tertiary/aromatic N) is 2. The molecule has 22 heavy (non-hydrogen) atoms. The number of rotatable bonds is 1. The summed E-state index contributed by atoms with van der Waals surface area (Å²) >= 11 is 0. The Morgan fingerprint density at radius 3 is 2.55 bits per heavy atom. The molecule has 1 N–H and O–H groups in total. The van der Waals surface area contributed by atoms with Crippen molar-refractivity contribution in [2.45, 2.75) is 12.2 Å². The van der Waals surface area contributed by atoms with Crippen LogP contribution in [0.1, 0.15) is 17.2 Å². The second-order valence-corrected chi connectivity index (χ2v) is 5.15. The number of benzene rings is 1. The van der Waals surface area contributed by atoms with Crippen molar-refractivity contribution in [3.8, 4) is 0 Å². The summed E-state index contributed by atoms with van der Waals surface area (Å²) in [5, 5.41) is 2.51. The molecule has 1 aliphatic heterocycles. The fourth-order valence-electron chi connectivity index (χ4n) is 2.43. The zero-order valence-corrected chi connectivity index (χ0v) is 12.1. The standard InChI is InChI=1S/C14H16F3N3O2/c1-19(2)13(22)20-8-7-18-12(21)11(20)9-5-3-4-6-10(9)14(15,16)17/h3-6,11H,7-8H2,1-2H3,(H,18,21). The molecule has 5 nitrogen and oxygen atoms in total. The van der Waals surface area contributed by atoms with Gasteiger partial charge in [0.05, 0.1) is 5.56 Å². The molecule has 1 unspecified atom stereocenters. The molecule has 1 fully saturated rings. The van der Waals surface area contributed by atoms with Crippen molar-refractivity contribution < 1.29 is 22.8 Å². The SMILES string of the molecule is CN(C)C(=O)N1CCNC(=O)C1c1ccccc1C(F)(F)F. The van der Waals surface area contributed by atoms with Gasteiger partial charge in [0.25, 0.3) is 0 Å². The van der Waals surface area contributed by atoms with Crippen LogP contribution in [0.3, 0.4) is 0 Å². The molecule has 1 aromatic carbocycles. The van der Waals surface area contributed by atoms with E-state index in [1.807, 2.05) is 0 Å². The van der Waals surface area contributed by atoms with E-state index >= 15 is 0 Å². The highest BCUT2D eigenvalue weighted by molar-refractivity contribution is 5.89. The number of nitrogens with one attached hydrogen (secondary N) is 1. The van der Waals surface area contributed by atoms with Gasteiger partial charge in [0.15, 0.2) is 0 Å². The number of amides is 3. The van der Waals surface area contributed by atoms with Gasteiger partial charge in [-0.1, -0.05) is 18.2 Å². The van der Waals surface area contributed by atoms with Gasteiger partial charge in [-0.05, 0) is 11.6 Å². The summed E-state index contributed by atoms with van der Waals surface area (Å²) in [4.78, 5) is 26.7. The lowest BCUT2D eigenvalue weighted by atomic mass is 9.96. The third-order valence-corrected chi connectivity index (χ3v) is 3.40. The second kappa shape index (κ2) is 5.86. The Hall–Kier alpha value is -2.25. The predicted molar refractivity (Wildman–Crippen MR) is 73.0 cm³/mol. The molecule has 1 atom stereocenters. The molecule has 1 saturated heterocycles. The smallest absolute Gasteiger partial charge is 0.352 e. The number of urea groups is 1. The number of piperazine rings is 1. The summed E-state index contributed by atoms with van der Waals surface area (Å²) in [6, 6.07) is 3.03. The molecule has 0 radical (unpaired) electrons. The van der Waals surface area contributed by atoms with Gasteiger partial charge in [-0.15, -0.1) is 0 Å². The zero-order chi connectivity index (χ0) is 16.5. The zero-order valence-electron chi connectivity index (χ0n) is 12.1. The number of carbonyl (C=O) groups excluding carboxylic acids is 2. The summed E-state index contributed by atoms with van der Waals surface area (Å²) in [6.45, 7) is 0.364. The molecule has 0 aliphatic carbocycles. The number of hydrogen-bond donors (Lipinski definition) is 1. The molecule has 0 aromatic heterocycles. The van der Waals surface area contributed by atoms with E-state index in [2.05, 4.69) is 5.32 Å². The van der Waals surface area contributed by atoms with Crippen molar-refractivity contribution in [3.05, 3.63) is 35.4 Å². The molecule has 1 heterocycles. The molecule has 3 amide bonds. The van der Waals surface area contributed by atoms with Crippen molar-refractivity contribution in [2.75, 3.05) is 27.2 Å². The Kier molecular flexibility index (Phi) is 4.30. The van der Waals surface area contributed by atoms with Crippen LogP contribution < -0.4 is 5.32 Å². The molecule has 8 heteroatoms. The lowest BCUT2D eigenvalue weighted by Crippen LogP contribution is -2.54. The molecule has 0 saturated carbocycles. The first-order valence-corrected chi connectivity index (χ1v) is 6.65. The van der Waals surface area contributed by atoms with Gasteiger partial charge in [0.1, 0.15) is 6.04 Å². The Labute approximate surface area is 125 Å². The topological polar surface area (TPSA) is 52.7 Å². The predicted octanol–water partition coefficient (Wildman–Crippen LogP) is 1.86. The maximum absolute atomic E-state index is 13.2. The number of alkyl halides is 3. The van der Waals surface area contributed by atoms with Gasteiger partial charge >= 0.3 is 12.2 Å². The van der Waals surface area contributed by atoms with Crippen LogP contribution in [0.4, 0.5) is 18.0 Å². The van der Waals surface area contributed by atoms with Gasteiger partial charge < -0.3 is 15.1 Å². The normalized spacial score (nSPS) is 18.9. The van der Waals surface area contributed by atoms with Crippen molar-refractivity contribution in [1.82, 2.24) is 15.1 Å². The molecule has 0 bridgehead atoms. The van der Waals surface area contributed by atoms with Crippen LogP contribution in [0, 0.1) is 0 Å². The Balaban J connectivity index is 2.51. The molecule has 2 rings (SSSR count). The lowest BCUT2D eigenvalue weighted by molar-refractivity contribution is -0.139. The van der Waals surface area contributed by atoms with Crippen LogP contribution in [0.15, 0.2) is 24.3 Å². The third-order valence-electron chi connectivity index (χ3n) is 3.40. The Bertz CT molecular complexity index is 587. The largest absolute Gasteiger partial charge is 0.416 e. The lowest BCUT2D eigenvalue weighted by Gasteiger charge is -2.37. The fraction of sp³-hybridized carbons (Fsp3) is 0.429. The minimum atomic E-state index is -4.60. The minimum Gasteiger partial charge on any atom is -0.352 e. The van der Waals surface area contributed by atoms with Crippen LogP contribution >= 0.6 is 0 Å². The highest BCUT2D eigenvalue weighted by Crippen LogP contribution is 2.37. The third kappa shape index (κ3) is 3.00. The summed E-state index contributed by atoms with van der Waals surface area (Å²) in [7, 11) is 2.98. The Morgan fingerprint density at radius 2 is 1.95 bits per heavy atom. The van der Waals surface area contributed by atoms with Crippen molar-refractivity contribution in [3.63, 3.8) is 0 Å². The molecular formula is C14H16F3N3O2. The van der Waals surface area contributed by atoms with Crippen molar-refractivity contribution >= 4 is 11.9 Å². The van der Waals surface area contributed by atoms with Crippen molar-refractivity contribution in [2.24, 2.45) is 0 Å². The van der Waals surface area contributed by atoms with Gasteiger partial charge in [0.2, 0.25) is 5.91 Å². The molecule has 1 aliphatic rings. The first kappa shape index (κ1) is 16.1. The van der Waals surface area contributed by atoms with Crippen molar-refractivity contribution in [1.29, 1.82) is 0 Å². The molecule has 0 spiro atoms. The maximum atomic E-state index is 13.2. The van der Waals surface area contributed by atoms with Gasteiger partial charge in [-0.3, -0.25) is 4.79 Å². The van der Waals surface area contributed by atoms with E-state index in [4.69, 9.17) is 0 Å². The van der Waals surface area contributed by atoms with E-state index in [1.165, 1.54) is 37.2 Å². The van der Waals surface area contributed by atoms with Crippen LogP contribution in [-0.2, 0) is 11.0 Å². The average Bonchev–Trinajstić information content (AvgIpc) is 2.45. The molecular weight excluding hydrogens is 299 g/mol. The summed E-state index contributed by atoms with van der Waals surface area (Å²) in [6.07, 6.45) is -4.60. The molecule has 120 valence electrons. The van der Waals surface area contributed by atoms with Gasteiger partial charge in [-0.2, -0.15) is 13.2 Å². The van der Waals surface area contributed by atoms with E-state index in [1.54, 1.807) is 0 Å². The second-order valence-electron chi connectivity index (χ2n) is 5.15. The number of carbonyl (C=O) groups is 2. The minimum absolute atomic E-state index is 0.152. The highest BCUT2D eigenvalue weighted by Gasteiger charge is 2.41. The van der Waals surface area contributed by atoms with E-state index < -0.39 is 29.7 Å². The Morgan fingerprint density at radius 1 is 1.32 bits per heavy atom.